The molecule has 6 nitrogen and oxygen atoms in total. The van der Waals surface area contributed by atoms with Crippen molar-refractivity contribution >= 4 is 11.9 Å². The maximum atomic E-state index is 12.9. The van der Waals surface area contributed by atoms with Crippen LogP contribution in [0.5, 0.6) is 0 Å². The number of aliphatic hydroxyl groups is 1. The maximum absolute atomic E-state index is 12.9. The van der Waals surface area contributed by atoms with Gasteiger partial charge in [0.2, 0.25) is 0 Å². The molecule has 0 radical (unpaired) electrons. The van der Waals surface area contributed by atoms with Gasteiger partial charge in [0, 0.05) is 19.4 Å². The van der Waals surface area contributed by atoms with Crippen LogP contribution >= 0.6 is 0 Å². The average Bonchev–Trinajstić information content (AvgIpc) is 3.13. The Hall–Kier alpha value is -1.14. The van der Waals surface area contributed by atoms with Crippen LogP contribution in [-0.4, -0.2) is 60.9 Å². The molecule has 0 amide bonds. The van der Waals surface area contributed by atoms with Gasteiger partial charge in [0.25, 0.3) is 0 Å². The summed E-state index contributed by atoms with van der Waals surface area (Å²) >= 11 is 0. The fraction of sp³-hybridized carbons (Fsp3) is 0.958. The predicted octanol–water partition coefficient (Wildman–Crippen LogP) is 13.9. The van der Waals surface area contributed by atoms with Crippen LogP contribution in [0.2, 0.25) is 0 Å². The standard InChI is InChI=1S/C48H95NO5/c1-8-11-14-17-20-23-27-34-45(51)53-43-48(6,7)37-29-24-31-39-49(41-42-50)40-38-47(4,5)36-30-28-35-46(52)54-44(32-25-21-18-15-12-9-2)33-26-22-19-16-13-10-3/h44,50H,8-43H2,1-7H3. The molecule has 1 N–H and O–H groups in total. The van der Waals surface area contributed by atoms with E-state index < -0.39 is 0 Å². The average molecular weight is 766 g/mol. The molecule has 0 aliphatic heterocycles. The van der Waals surface area contributed by atoms with Gasteiger partial charge < -0.3 is 19.5 Å². The molecule has 0 bridgehead atoms. The Kier molecular flexibility index (Phi) is 35.5. The lowest BCUT2D eigenvalue weighted by Crippen LogP contribution is -2.32. The molecule has 0 unspecified atom stereocenters. The number of unbranched alkanes of at least 4 members (excludes halogenated alkanes) is 19. The largest absolute Gasteiger partial charge is 0.465 e. The molecular formula is C48H95NO5. The summed E-state index contributed by atoms with van der Waals surface area (Å²) in [6.07, 6.45) is 35.7. The molecule has 0 aliphatic rings. The normalized spacial score (nSPS) is 12.3. The zero-order chi connectivity index (χ0) is 40.2. The van der Waals surface area contributed by atoms with E-state index in [1.54, 1.807) is 0 Å². The molecule has 0 saturated heterocycles. The fourth-order valence-corrected chi connectivity index (χ4v) is 7.51. The van der Waals surface area contributed by atoms with Crippen molar-refractivity contribution in [2.75, 3.05) is 32.8 Å². The Morgan fingerprint density at radius 1 is 0.500 bits per heavy atom. The van der Waals surface area contributed by atoms with Crippen LogP contribution in [-0.2, 0) is 19.1 Å². The number of aliphatic hydroxyl groups excluding tert-OH is 1. The van der Waals surface area contributed by atoms with Crippen molar-refractivity contribution in [3.05, 3.63) is 0 Å². The third-order valence-electron chi connectivity index (χ3n) is 11.5. The molecule has 0 fully saturated rings. The van der Waals surface area contributed by atoms with Crippen LogP contribution in [0.15, 0.2) is 0 Å². The van der Waals surface area contributed by atoms with Crippen LogP contribution in [0.25, 0.3) is 0 Å². The van der Waals surface area contributed by atoms with Crippen LogP contribution in [0.1, 0.15) is 248 Å². The molecule has 0 rings (SSSR count). The van der Waals surface area contributed by atoms with Gasteiger partial charge in [0.15, 0.2) is 0 Å². The summed E-state index contributed by atoms with van der Waals surface area (Å²) in [4.78, 5) is 27.6. The van der Waals surface area contributed by atoms with Crippen LogP contribution in [0.4, 0.5) is 0 Å². The smallest absolute Gasteiger partial charge is 0.306 e. The van der Waals surface area contributed by atoms with Gasteiger partial charge >= 0.3 is 11.9 Å². The second-order valence-corrected chi connectivity index (χ2v) is 18.4. The number of nitrogens with zero attached hydrogens (tertiary/aromatic N) is 1. The van der Waals surface area contributed by atoms with E-state index in [1.165, 1.54) is 109 Å². The lowest BCUT2D eigenvalue weighted by atomic mass is 9.83. The fourth-order valence-electron chi connectivity index (χ4n) is 7.51. The van der Waals surface area contributed by atoms with E-state index in [0.29, 0.717) is 19.4 Å². The minimum atomic E-state index is -0.0389. The first-order chi connectivity index (χ1) is 26.0. The monoisotopic (exact) mass is 766 g/mol. The first-order valence-corrected chi connectivity index (χ1v) is 23.7. The van der Waals surface area contributed by atoms with E-state index in [4.69, 9.17) is 9.47 Å². The first kappa shape index (κ1) is 52.9. The van der Waals surface area contributed by atoms with Crippen LogP contribution in [0.3, 0.4) is 0 Å². The quantitative estimate of drug-likeness (QED) is 0.0493. The maximum Gasteiger partial charge on any atom is 0.306 e. The van der Waals surface area contributed by atoms with E-state index in [9.17, 15) is 14.7 Å². The summed E-state index contributed by atoms with van der Waals surface area (Å²) in [5.41, 5.74) is 0.204. The highest BCUT2D eigenvalue weighted by molar-refractivity contribution is 5.69. The Morgan fingerprint density at radius 3 is 1.50 bits per heavy atom. The van der Waals surface area contributed by atoms with Crippen LogP contribution < -0.4 is 0 Å². The van der Waals surface area contributed by atoms with E-state index in [1.807, 2.05) is 0 Å². The third kappa shape index (κ3) is 35.3. The second-order valence-electron chi connectivity index (χ2n) is 18.4. The number of ether oxygens (including phenoxy) is 2. The Bertz CT molecular complexity index is 827. The zero-order valence-corrected chi connectivity index (χ0v) is 37.6. The summed E-state index contributed by atoms with van der Waals surface area (Å²) < 4.78 is 11.7. The highest BCUT2D eigenvalue weighted by Crippen LogP contribution is 2.29. The molecule has 54 heavy (non-hydrogen) atoms. The van der Waals surface area contributed by atoms with Crippen molar-refractivity contribution in [1.82, 2.24) is 4.90 Å². The van der Waals surface area contributed by atoms with E-state index >= 15 is 0 Å². The van der Waals surface area contributed by atoms with Gasteiger partial charge in [-0.25, -0.2) is 0 Å². The summed E-state index contributed by atoms with van der Waals surface area (Å²) in [5.74, 6) is -0.0323. The number of carbonyl (C=O) groups excluding carboxylic acids is 2. The number of esters is 2. The number of rotatable bonds is 41. The lowest BCUT2D eigenvalue weighted by Gasteiger charge is -2.29. The van der Waals surface area contributed by atoms with Crippen molar-refractivity contribution in [1.29, 1.82) is 0 Å². The van der Waals surface area contributed by atoms with E-state index in [2.05, 4.69) is 53.4 Å². The molecule has 0 heterocycles. The molecule has 0 aliphatic carbocycles. The van der Waals surface area contributed by atoms with Gasteiger partial charge in [-0.2, -0.15) is 0 Å². The highest BCUT2D eigenvalue weighted by atomic mass is 16.5. The number of carbonyl (C=O) groups is 2. The van der Waals surface area contributed by atoms with Crippen molar-refractivity contribution in [3.63, 3.8) is 0 Å². The predicted molar refractivity (Wildman–Crippen MR) is 232 cm³/mol. The summed E-state index contributed by atoms with van der Waals surface area (Å²) in [6.45, 7) is 19.3. The van der Waals surface area contributed by atoms with Gasteiger partial charge in [0.1, 0.15) is 6.10 Å². The molecule has 322 valence electrons. The van der Waals surface area contributed by atoms with Crippen LogP contribution in [0, 0.1) is 10.8 Å². The Labute approximate surface area is 337 Å². The highest BCUT2D eigenvalue weighted by Gasteiger charge is 2.22. The molecule has 0 spiro atoms. The molecule has 0 saturated carbocycles. The minimum absolute atomic E-state index is 0.00414. The summed E-state index contributed by atoms with van der Waals surface area (Å²) in [6, 6.07) is 0. The molecule has 0 aromatic rings. The molecule has 6 heteroatoms. The second kappa shape index (κ2) is 36.2. The zero-order valence-electron chi connectivity index (χ0n) is 37.6. The van der Waals surface area contributed by atoms with E-state index in [-0.39, 0.29) is 35.5 Å². The number of hydrogen-bond donors (Lipinski definition) is 1. The lowest BCUT2D eigenvalue weighted by molar-refractivity contribution is -0.150. The molecular weight excluding hydrogens is 671 g/mol. The third-order valence-corrected chi connectivity index (χ3v) is 11.5. The summed E-state index contributed by atoms with van der Waals surface area (Å²) in [7, 11) is 0. The van der Waals surface area contributed by atoms with Crippen molar-refractivity contribution < 1.29 is 24.2 Å². The Morgan fingerprint density at radius 2 is 0.944 bits per heavy atom. The van der Waals surface area contributed by atoms with Gasteiger partial charge in [-0.15, -0.1) is 0 Å². The van der Waals surface area contributed by atoms with Gasteiger partial charge in [-0.05, 0) is 88.1 Å². The van der Waals surface area contributed by atoms with E-state index in [0.717, 1.165) is 96.7 Å². The first-order valence-electron chi connectivity index (χ1n) is 23.7. The number of hydrogen-bond acceptors (Lipinski definition) is 6. The van der Waals surface area contributed by atoms with Crippen molar-refractivity contribution in [2.24, 2.45) is 10.8 Å². The molecule has 0 atom stereocenters. The SMILES string of the molecule is CCCCCCCCCC(=O)OCC(C)(C)CCCCCN(CCO)CCC(C)(C)CCCCC(=O)OC(CCCCCCCC)CCCCCCCC. The van der Waals surface area contributed by atoms with Crippen molar-refractivity contribution in [3.8, 4) is 0 Å². The molecule has 0 aromatic heterocycles. The van der Waals surface area contributed by atoms with Crippen molar-refractivity contribution in [2.45, 2.75) is 254 Å². The molecule has 0 aromatic carbocycles. The van der Waals surface area contributed by atoms with Gasteiger partial charge in [0.05, 0.1) is 13.2 Å². The van der Waals surface area contributed by atoms with Gasteiger partial charge in [-0.3, -0.25) is 9.59 Å². The summed E-state index contributed by atoms with van der Waals surface area (Å²) in [5, 5.41) is 9.73. The van der Waals surface area contributed by atoms with Gasteiger partial charge in [-0.1, -0.05) is 170 Å². The Balaban J connectivity index is 4.35. The minimum Gasteiger partial charge on any atom is -0.465 e. The topological polar surface area (TPSA) is 76.1 Å².